The van der Waals surface area contributed by atoms with E-state index in [1.807, 2.05) is 0 Å². The number of hydrogen-bond acceptors (Lipinski definition) is 6. The summed E-state index contributed by atoms with van der Waals surface area (Å²) in [6.07, 6.45) is 6.02. The lowest BCUT2D eigenvalue weighted by Crippen LogP contribution is -2.30. The quantitative estimate of drug-likeness (QED) is 0.879. The Hall–Kier alpha value is -1.59. The van der Waals surface area contributed by atoms with Crippen LogP contribution in [-0.4, -0.2) is 28.2 Å². The van der Waals surface area contributed by atoms with Crippen molar-refractivity contribution < 1.29 is 9.47 Å². The second kappa shape index (κ2) is 5.84. The van der Waals surface area contributed by atoms with Crippen LogP contribution in [0.3, 0.4) is 0 Å². The van der Waals surface area contributed by atoms with Gasteiger partial charge in [0.05, 0.1) is 7.11 Å². The zero-order valence-corrected chi connectivity index (χ0v) is 10.9. The van der Waals surface area contributed by atoms with Gasteiger partial charge in [-0.1, -0.05) is 13.3 Å². The Balaban J connectivity index is 2.09. The molecule has 0 aromatic carbocycles. The number of ether oxygens (including phenoxy) is 2. The minimum atomic E-state index is 0.126. The summed E-state index contributed by atoms with van der Waals surface area (Å²) in [6, 6.07) is 0.464. The van der Waals surface area contributed by atoms with Crippen molar-refractivity contribution in [1.82, 2.24) is 15.0 Å². The molecule has 0 bridgehead atoms. The van der Waals surface area contributed by atoms with E-state index in [0.717, 1.165) is 12.8 Å². The molecule has 1 aliphatic rings. The summed E-state index contributed by atoms with van der Waals surface area (Å²) < 4.78 is 10.8. The zero-order chi connectivity index (χ0) is 13.0. The van der Waals surface area contributed by atoms with Crippen LogP contribution in [0.2, 0.25) is 0 Å². The fraction of sp³-hybridized carbons (Fsp3) is 0.750. The molecule has 6 heteroatoms. The van der Waals surface area contributed by atoms with Crippen LogP contribution >= 0.6 is 0 Å². The maximum absolute atomic E-state index is 5.86. The molecule has 100 valence electrons. The lowest BCUT2D eigenvalue weighted by atomic mass is 9.85. The molecule has 0 spiro atoms. The van der Waals surface area contributed by atoms with E-state index in [1.165, 1.54) is 26.4 Å². The molecular weight excluding hydrogens is 232 g/mol. The van der Waals surface area contributed by atoms with Crippen molar-refractivity contribution in [1.29, 1.82) is 0 Å². The Labute approximate surface area is 107 Å². The van der Waals surface area contributed by atoms with Crippen LogP contribution in [0.5, 0.6) is 12.0 Å². The number of nitrogen functional groups attached to an aromatic ring is 1. The van der Waals surface area contributed by atoms with Gasteiger partial charge in [-0.2, -0.15) is 9.97 Å². The van der Waals surface area contributed by atoms with Gasteiger partial charge in [-0.3, -0.25) is 0 Å². The van der Waals surface area contributed by atoms with Crippen molar-refractivity contribution >= 4 is 5.95 Å². The van der Waals surface area contributed by atoms with Crippen LogP contribution in [0.4, 0.5) is 5.95 Å². The number of hydrogen-bond donors (Lipinski definition) is 1. The Morgan fingerprint density at radius 2 is 1.89 bits per heavy atom. The smallest absolute Gasteiger partial charge is 0.324 e. The van der Waals surface area contributed by atoms with Gasteiger partial charge in [-0.05, 0) is 31.6 Å². The van der Waals surface area contributed by atoms with Crippen LogP contribution in [0.15, 0.2) is 0 Å². The van der Waals surface area contributed by atoms with Crippen LogP contribution in [0.25, 0.3) is 0 Å². The van der Waals surface area contributed by atoms with Crippen molar-refractivity contribution in [3.05, 3.63) is 0 Å². The molecule has 2 N–H and O–H groups in total. The van der Waals surface area contributed by atoms with Crippen molar-refractivity contribution in [2.24, 2.45) is 5.92 Å². The number of nitrogens with zero attached hydrogens (tertiary/aromatic N) is 3. The number of methoxy groups -OCH3 is 1. The van der Waals surface area contributed by atoms with Crippen LogP contribution in [0.1, 0.15) is 39.0 Å². The summed E-state index contributed by atoms with van der Waals surface area (Å²) in [5.74, 6) is 0.698. The van der Waals surface area contributed by atoms with Gasteiger partial charge in [0, 0.05) is 0 Å². The highest BCUT2D eigenvalue weighted by atomic mass is 16.5. The Morgan fingerprint density at radius 3 is 2.61 bits per heavy atom. The molecule has 1 fully saturated rings. The third-order valence-corrected chi connectivity index (χ3v) is 3.41. The highest BCUT2D eigenvalue weighted by Crippen LogP contribution is 2.29. The summed E-state index contributed by atoms with van der Waals surface area (Å²) in [7, 11) is 1.49. The topological polar surface area (TPSA) is 83.2 Å². The highest BCUT2D eigenvalue weighted by molar-refractivity contribution is 5.20. The lowest BCUT2D eigenvalue weighted by Gasteiger charge is -2.30. The number of rotatable bonds is 4. The second-order valence-electron chi connectivity index (χ2n) is 4.57. The van der Waals surface area contributed by atoms with E-state index in [1.54, 1.807) is 0 Å². The summed E-state index contributed by atoms with van der Waals surface area (Å²) in [4.78, 5) is 11.9. The van der Waals surface area contributed by atoms with Gasteiger partial charge < -0.3 is 15.2 Å². The summed E-state index contributed by atoms with van der Waals surface area (Å²) >= 11 is 0. The van der Waals surface area contributed by atoms with Gasteiger partial charge >= 0.3 is 12.0 Å². The molecule has 1 heterocycles. The molecule has 0 amide bonds. The predicted molar refractivity (Wildman–Crippen MR) is 67.5 cm³/mol. The third kappa shape index (κ3) is 3.00. The van der Waals surface area contributed by atoms with Crippen LogP contribution in [-0.2, 0) is 0 Å². The van der Waals surface area contributed by atoms with E-state index >= 15 is 0 Å². The van der Waals surface area contributed by atoms with Gasteiger partial charge in [-0.15, -0.1) is 4.98 Å². The fourth-order valence-corrected chi connectivity index (χ4v) is 2.43. The number of anilines is 1. The minimum absolute atomic E-state index is 0.126. The van der Waals surface area contributed by atoms with Gasteiger partial charge in [-0.25, -0.2) is 0 Å². The second-order valence-corrected chi connectivity index (χ2v) is 4.57. The molecular formula is C12H20N4O2. The molecule has 1 saturated carbocycles. The van der Waals surface area contributed by atoms with Crippen molar-refractivity contribution in [3.63, 3.8) is 0 Å². The maximum Gasteiger partial charge on any atom is 0.324 e. The lowest BCUT2D eigenvalue weighted by molar-refractivity contribution is 0.0800. The van der Waals surface area contributed by atoms with Crippen molar-refractivity contribution in [2.45, 2.75) is 45.1 Å². The SMILES string of the molecule is CCC1CCCCC1Oc1nc(N)nc(OC)n1. The molecule has 2 atom stereocenters. The van der Waals surface area contributed by atoms with E-state index in [9.17, 15) is 0 Å². The molecule has 1 aromatic rings. The van der Waals surface area contributed by atoms with E-state index in [-0.39, 0.29) is 24.1 Å². The molecule has 2 rings (SSSR count). The molecule has 1 aliphatic carbocycles. The molecule has 18 heavy (non-hydrogen) atoms. The first-order chi connectivity index (χ1) is 8.72. The molecule has 1 aromatic heterocycles. The summed E-state index contributed by atoms with van der Waals surface area (Å²) in [5, 5.41) is 0. The van der Waals surface area contributed by atoms with E-state index in [2.05, 4.69) is 21.9 Å². The Morgan fingerprint density at radius 1 is 1.17 bits per heavy atom. The predicted octanol–water partition coefficient (Wildman–Crippen LogP) is 1.81. The van der Waals surface area contributed by atoms with Crippen LogP contribution in [0, 0.1) is 5.92 Å². The first-order valence-corrected chi connectivity index (χ1v) is 6.45. The van der Waals surface area contributed by atoms with E-state index in [4.69, 9.17) is 15.2 Å². The zero-order valence-electron chi connectivity index (χ0n) is 10.9. The van der Waals surface area contributed by atoms with E-state index < -0.39 is 0 Å². The minimum Gasteiger partial charge on any atom is -0.467 e. The third-order valence-electron chi connectivity index (χ3n) is 3.41. The molecule has 0 aliphatic heterocycles. The normalized spacial score (nSPS) is 23.7. The average molecular weight is 252 g/mol. The van der Waals surface area contributed by atoms with Gasteiger partial charge in [0.15, 0.2) is 0 Å². The van der Waals surface area contributed by atoms with Crippen molar-refractivity contribution in [3.8, 4) is 12.0 Å². The summed E-state index contributed by atoms with van der Waals surface area (Å²) in [5.41, 5.74) is 5.59. The molecule has 2 unspecified atom stereocenters. The first-order valence-electron chi connectivity index (χ1n) is 6.45. The average Bonchev–Trinajstić information content (AvgIpc) is 2.38. The van der Waals surface area contributed by atoms with Gasteiger partial charge in [0.2, 0.25) is 5.95 Å². The largest absolute Gasteiger partial charge is 0.467 e. The summed E-state index contributed by atoms with van der Waals surface area (Å²) in [6.45, 7) is 2.19. The molecule has 6 nitrogen and oxygen atoms in total. The van der Waals surface area contributed by atoms with E-state index in [0.29, 0.717) is 5.92 Å². The van der Waals surface area contributed by atoms with Crippen molar-refractivity contribution in [2.75, 3.05) is 12.8 Å². The number of nitrogens with two attached hydrogens (primary N) is 1. The molecule has 0 saturated heterocycles. The Bertz CT molecular complexity index is 400. The highest BCUT2D eigenvalue weighted by Gasteiger charge is 2.26. The van der Waals surface area contributed by atoms with Gasteiger partial charge in [0.25, 0.3) is 0 Å². The molecule has 0 radical (unpaired) electrons. The van der Waals surface area contributed by atoms with Crippen LogP contribution < -0.4 is 15.2 Å². The monoisotopic (exact) mass is 252 g/mol. The maximum atomic E-state index is 5.86. The fourth-order valence-electron chi connectivity index (χ4n) is 2.43. The standard InChI is InChI=1S/C12H20N4O2/c1-3-8-6-4-5-7-9(8)18-12-15-10(13)14-11(16-12)17-2/h8-9H,3-7H2,1-2H3,(H2,13,14,15,16). The number of aromatic nitrogens is 3. The van der Waals surface area contributed by atoms with Gasteiger partial charge in [0.1, 0.15) is 6.10 Å². The first kappa shape index (κ1) is 12.9. The Kier molecular flexibility index (Phi) is 4.17.